The van der Waals surface area contributed by atoms with Crippen molar-refractivity contribution in [2.75, 3.05) is 0 Å². The number of hydrogen-bond donors (Lipinski definition) is 0. The summed E-state index contributed by atoms with van der Waals surface area (Å²) in [5.74, 6) is -0.348. The fraction of sp³-hybridized carbons (Fsp3) is 0.571. The molecule has 0 unspecified atom stereocenters. The zero-order valence-corrected chi connectivity index (χ0v) is 11.7. The molecule has 2 amide bonds. The Morgan fingerprint density at radius 2 is 1.65 bits per heavy atom. The minimum Gasteiger partial charge on any atom is -0.272 e. The predicted molar refractivity (Wildman–Crippen MR) is 70.5 cm³/mol. The molecule has 0 spiro atoms. The third-order valence-electron chi connectivity index (χ3n) is 2.24. The molecule has 0 aromatic carbocycles. The molecule has 0 radical (unpaired) electrons. The molecule has 3 heteroatoms. The molecule has 96 valence electrons. The van der Waals surface area contributed by atoms with Crippen LogP contribution in [-0.4, -0.2) is 22.8 Å². The van der Waals surface area contributed by atoms with Crippen LogP contribution >= 0.6 is 0 Å². The zero-order valence-electron chi connectivity index (χ0n) is 11.7. The van der Waals surface area contributed by atoms with Crippen molar-refractivity contribution in [3.05, 3.63) is 23.3 Å². The van der Waals surface area contributed by atoms with Crippen LogP contribution in [0.1, 0.15) is 48.0 Å². The lowest BCUT2D eigenvalue weighted by Gasteiger charge is -2.18. The highest BCUT2D eigenvalue weighted by molar-refractivity contribution is 6.20. The van der Waals surface area contributed by atoms with Crippen LogP contribution in [0.4, 0.5) is 0 Å². The molecule has 1 heterocycles. The zero-order chi connectivity index (χ0) is 13.6. The lowest BCUT2D eigenvalue weighted by Crippen LogP contribution is -2.37. The average Bonchev–Trinajstić information content (AvgIpc) is 2.44. The Labute approximate surface area is 104 Å². The first kappa shape index (κ1) is 15.6. The van der Waals surface area contributed by atoms with Crippen molar-refractivity contribution in [2.24, 2.45) is 0 Å². The van der Waals surface area contributed by atoms with Gasteiger partial charge in [-0.3, -0.25) is 14.5 Å². The van der Waals surface area contributed by atoms with Crippen LogP contribution in [0.25, 0.3) is 0 Å². The molecule has 3 nitrogen and oxygen atoms in total. The molecule has 0 bridgehead atoms. The topological polar surface area (TPSA) is 37.4 Å². The molecule has 0 N–H and O–H groups in total. The van der Waals surface area contributed by atoms with Gasteiger partial charge >= 0.3 is 0 Å². The first-order valence-electron chi connectivity index (χ1n) is 6.13. The lowest BCUT2D eigenvalue weighted by molar-refractivity contribution is -0.139. The summed E-state index contributed by atoms with van der Waals surface area (Å²) in [6, 6.07) is -0.0762. The maximum absolute atomic E-state index is 11.8. The molecular formula is C14H23NO2. The summed E-state index contributed by atoms with van der Waals surface area (Å²) in [5.41, 5.74) is 1.06. The number of amides is 2. The van der Waals surface area contributed by atoms with E-state index in [0.717, 1.165) is 0 Å². The highest BCUT2D eigenvalue weighted by Crippen LogP contribution is 2.23. The summed E-state index contributed by atoms with van der Waals surface area (Å²) in [5, 5.41) is 0. The van der Waals surface area contributed by atoms with Crippen LogP contribution in [0.5, 0.6) is 0 Å². The van der Waals surface area contributed by atoms with E-state index in [4.69, 9.17) is 0 Å². The Bertz CT molecular complexity index is 351. The third kappa shape index (κ3) is 3.55. The minimum absolute atomic E-state index is 0.0762. The summed E-state index contributed by atoms with van der Waals surface area (Å²) in [4.78, 5) is 24.7. The van der Waals surface area contributed by atoms with E-state index >= 15 is 0 Å². The van der Waals surface area contributed by atoms with E-state index in [1.165, 1.54) is 11.3 Å². The highest BCUT2D eigenvalue weighted by Gasteiger charge is 2.35. The quantitative estimate of drug-likeness (QED) is 0.692. The van der Waals surface area contributed by atoms with Crippen molar-refractivity contribution in [3.63, 3.8) is 0 Å². The SMILES string of the molecule is C/C=C\C1=C(C)C(=O)N(C(C)C)C1=O.CCC. The number of allylic oxidation sites excluding steroid dienone is 1. The summed E-state index contributed by atoms with van der Waals surface area (Å²) >= 11 is 0. The van der Waals surface area contributed by atoms with Crippen molar-refractivity contribution in [2.45, 2.75) is 54.0 Å². The molecule has 17 heavy (non-hydrogen) atoms. The molecular weight excluding hydrogens is 214 g/mol. The van der Waals surface area contributed by atoms with Crippen LogP contribution in [-0.2, 0) is 9.59 Å². The van der Waals surface area contributed by atoms with Gasteiger partial charge in [-0.25, -0.2) is 0 Å². The number of carbonyl (C=O) groups is 2. The van der Waals surface area contributed by atoms with E-state index in [1.807, 2.05) is 20.8 Å². The largest absolute Gasteiger partial charge is 0.272 e. The molecule has 0 aromatic rings. The van der Waals surface area contributed by atoms with Crippen LogP contribution in [0.3, 0.4) is 0 Å². The molecule has 0 fully saturated rings. The van der Waals surface area contributed by atoms with Gasteiger partial charge in [-0.2, -0.15) is 0 Å². The Morgan fingerprint density at radius 3 is 1.94 bits per heavy atom. The fourth-order valence-corrected chi connectivity index (χ4v) is 1.51. The van der Waals surface area contributed by atoms with Gasteiger partial charge in [0.2, 0.25) is 0 Å². The Hall–Kier alpha value is -1.38. The maximum Gasteiger partial charge on any atom is 0.261 e. The van der Waals surface area contributed by atoms with Gasteiger partial charge in [0.25, 0.3) is 11.8 Å². The van der Waals surface area contributed by atoms with Crippen LogP contribution in [0, 0.1) is 0 Å². The van der Waals surface area contributed by atoms with Crippen LogP contribution < -0.4 is 0 Å². The Kier molecular flexibility index (Phi) is 6.47. The molecule has 1 aliphatic rings. The highest BCUT2D eigenvalue weighted by atomic mass is 16.2. The summed E-state index contributed by atoms with van der Waals surface area (Å²) in [6.07, 6.45) is 4.71. The molecule has 0 saturated heterocycles. The third-order valence-corrected chi connectivity index (χ3v) is 2.24. The number of imide groups is 1. The van der Waals surface area contributed by atoms with E-state index in [2.05, 4.69) is 13.8 Å². The van der Waals surface area contributed by atoms with Gasteiger partial charge in [-0.1, -0.05) is 32.4 Å². The lowest BCUT2D eigenvalue weighted by atomic mass is 10.1. The molecule has 1 aliphatic heterocycles. The number of carbonyl (C=O) groups excluding carboxylic acids is 2. The first-order valence-corrected chi connectivity index (χ1v) is 6.13. The van der Waals surface area contributed by atoms with Gasteiger partial charge in [0.1, 0.15) is 0 Å². The van der Waals surface area contributed by atoms with Gasteiger partial charge in [0, 0.05) is 17.2 Å². The standard InChI is InChI=1S/C11H15NO2.C3H8/c1-5-6-9-8(4)10(13)12(7(2)3)11(9)14;1-3-2/h5-7H,1-4H3;3H2,1-2H3/b6-5-;. The van der Waals surface area contributed by atoms with Crippen molar-refractivity contribution < 1.29 is 9.59 Å². The van der Waals surface area contributed by atoms with E-state index in [9.17, 15) is 9.59 Å². The minimum atomic E-state index is -0.180. The van der Waals surface area contributed by atoms with Crippen LogP contribution in [0.15, 0.2) is 23.3 Å². The normalized spacial score (nSPS) is 16.1. The van der Waals surface area contributed by atoms with Crippen LogP contribution in [0.2, 0.25) is 0 Å². The van der Waals surface area contributed by atoms with Gasteiger partial charge in [-0.05, 0) is 27.7 Å². The average molecular weight is 237 g/mol. The molecule has 1 rings (SSSR count). The van der Waals surface area contributed by atoms with E-state index in [1.54, 1.807) is 19.1 Å². The smallest absolute Gasteiger partial charge is 0.261 e. The fourth-order valence-electron chi connectivity index (χ4n) is 1.51. The Morgan fingerprint density at radius 1 is 1.18 bits per heavy atom. The number of nitrogens with zero attached hydrogens (tertiary/aromatic N) is 1. The molecule has 0 saturated carbocycles. The van der Waals surface area contributed by atoms with Gasteiger partial charge in [-0.15, -0.1) is 0 Å². The van der Waals surface area contributed by atoms with Crippen molar-refractivity contribution in [1.29, 1.82) is 0 Å². The van der Waals surface area contributed by atoms with Gasteiger partial charge in [0.15, 0.2) is 0 Å². The predicted octanol–water partition coefficient (Wildman–Crippen LogP) is 3.07. The van der Waals surface area contributed by atoms with Crippen molar-refractivity contribution in [1.82, 2.24) is 4.90 Å². The second kappa shape index (κ2) is 7.05. The summed E-state index contributed by atoms with van der Waals surface area (Å²) in [7, 11) is 0. The van der Waals surface area contributed by atoms with Gasteiger partial charge < -0.3 is 0 Å². The number of rotatable bonds is 2. The number of hydrogen-bond acceptors (Lipinski definition) is 2. The monoisotopic (exact) mass is 237 g/mol. The maximum atomic E-state index is 11.8. The summed E-state index contributed by atoms with van der Waals surface area (Å²) < 4.78 is 0. The van der Waals surface area contributed by atoms with E-state index in [-0.39, 0.29) is 17.9 Å². The Balaban J connectivity index is 0.000000770. The molecule has 0 atom stereocenters. The van der Waals surface area contributed by atoms with E-state index < -0.39 is 0 Å². The first-order chi connectivity index (χ1) is 7.92. The van der Waals surface area contributed by atoms with Crippen molar-refractivity contribution >= 4 is 11.8 Å². The summed E-state index contributed by atoms with van der Waals surface area (Å²) in [6.45, 7) is 11.4. The van der Waals surface area contributed by atoms with E-state index in [0.29, 0.717) is 11.1 Å². The van der Waals surface area contributed by atoms with Crippen molar-refractivity contribution in [3.8, 4) is 0 Å². The second-order valence-corrected chi connectivity index (χ2v) is 4.32. The molecule has 0 aromatic heterocycles. The second-order valence-electron chi connectivity index (χ2n) is 4.32. The van der Waals surface area contributed by atoms with Gasteiger partial charge in [0.05, 0.1) is 0 Å². The molecule has 0 aliphatic carbocycles.